The average Bonchev–Trinajstić information content (AvgIpc) is 2.36. The quantitative estimate of drug-likeness (QED) is 0.249. The zero-order chi connectivity index (χ0) is 15.3. The molecular weight excluding hydrogens is 346 g/mol. The van der Waals surface area contributed by atoms with Crippen LogP contribution >= 0.6 is 15.9 Å². The van der Waals surface area contributed by atoms with Crippen molar-refractivity contribution in [2.45, 2.75) is 12.7 Å². The second-order valence-corrected chi connectivity index (χ2v) is 4.84. The van der Waals surface area contributed by atoms with Gasteiger partial charge in [0.1, 0.15) is 11.7 Å². The summed E-state index contributed by atoms with van der Waals surface area (Å²) in [5.41, 5.74) is 5.47. The molecule has 4 N–H and O–H groups in total. The Morgan fingerprint density at radius 3 is 2.65 bits per heavy atom. The fourth-order valence-electron chi connectivity index (χ4n) is 1.49. The smallest absolute Gasteiger partial charge is 0.400 e. The third-order valence-corrected chi connectivity index (χ3v) is 3.31. The minimum absolute atomic E-state index is 0.00360. The molecule has 0 bridgehead atoms. The number of alkyl halides is 3. The van der Waals surface area contributed by atoms with Crippen molar-refractivity contribution < 1.29 is 22.8 Å². The topological polar surface area (TPSA) is 70.6 Å². The average molecular weight is 358 g/mol. The largest absolute Gasteiger partial charge is 0.409 e. The Morgan fingerprint density at radius 2 is 2.10 bits per heavy atom. The molecule has 112 valence electrons. The summed E-state index contributed by atoms with van der Waals surface area (Å²) in [6.45, 7) is -0.577. The van der Waals surface area contributed by atoms with E-state index < -0.39 is 30.3 Å². The number of nitrogens with one attached hydrogen (secondary N) is 1. The molecule has 0 aromatic heterocycles. The van der Waals surface area contributed by atoms with Gasteiger partial charge in [-0.15, -0.1) is 0 Å². The third kappa shape index (κ3) is 4.64. The van der Waals surface area contributed by atoms with E-state index in [0.717, 1.165) is 0 Å². The van der Waals surface area contributed by atoms with Gasteiger partial charge in [-0.25, -0.2) is 4.39 Å². The van der Waals surface area contributed by atoms with Gasteiger partial charge in [-0.1, -0.05) is 21.1 Å². The molecule has 9 heteroatoms. The van der Waals surface area contributed by atoms with Crippen LogP contribution in [0.2, 0.25) is 0 Å². The first-order chi connectivity index (χ1) is 9.25. The number of hydrogen-bond acceptors (Lipinski definition) is 3. The van der Waals surface area contributed by atoms with E-state index in [-0.39, 0.29) is 6.54 Å². The molecule has 20 heavy (non-hydrogen) atoms. The summed E-state index contributed by atoms with van der Waals surface area (Å²) in [7, 11) is 0. The van der Waals surface area contributed by atoms with Gasteiger partial charge in [0, 0.05) is 17.6 Å². The summed E-state index contributed by atoms with van der Waals surface area (Å²) in [6, 6.07) is 3.88. The van der Waals surface area contributed by atoms with Crippen molar-refractivity contribution in [1.29, 1.82) is 0 Å². The molecule has 1 aromatic rings. The first kappa shape index (κ1) is 16.7. The van der Waals surface area contributed by atoms with E-state index in [1.807, 2.05) is 0 Å². The van der Waals surface area contributed by atoms with Crippen LogP contribution in [-0.4, -0.2) is 23.8 Å². The van der Waals surface area contributed by atoms with Gasteiger partial charge in [0.15, 0.2) is 5.84 Å². The predicted molar refractivity (Wildman–Crippen MR) is 68.8 cm³/mol. The number of oxime groups is 1. The summed E-state index contributed by atoms with van der Waals surface area (Å²) < 4.78 is 51.5. The van der Waals surface area contributed by atoms with Gasteiger partial charge in [0.2, 0.25) is 0 Å². The summed E-state index contributed by atoms with van der Waals surface area (Å²) >= 11 is 3.16. The van der Waals surface area contributed by atoms with Crippen LogP contribution in [0, 0.1) is 11.7 Å². The molecule has 0 radical (unpaired) electrons. The molecule has 0 spiro atoms. The molecular formula is C11H12BrF4N3O. The Bertz CT molecular complexity index is 493. The van der Waals surface area contributed by atoms with E-state index >= 15 is 0 Å². The number of amidine groups is 1. The van der Waals surface area contributed by atoms with Crippen LogP contribution in [0.1, 0.15) is 5.56 Å². The second-order valence-electron chi connectivity index (χ2n) is 3.99. The standard InChI is InChI=1S/C11H12BrF4N3O/c12-9-2-1-7(13)3-6(9)4-18-5-8(10(17)19-20)11(14,15)16/h1-3,8,18,20H,4-5H2,(H2,17,19). The summed E-state index contributed by atoms with van der Waals surface area (Å²) in [5.74, 6) is -3.53. The van der Waals surface area contributed by atoms with Crippen LogP contribution in [0.15, 0.2) is 27.8 Å². The number of benzene rings is 1. The molecule has 0 saturated carbocycles. The minimum Gasteiger partial charge on any atom is -0.409 e. The first-order valence-corrected chi connectivity index (χ1v) is 6.23. The molecule has 1 aromatic carbocycles. The maximum atomic E-state index is 13.0. The minimum atomic E-state index is -4.64. The zero-order valence-corrected chi connectivity index (χ0v) is 11.7. The SMILES string of the molecule is N/C(=N/O)C(CNCc1cc(F)ccc1Br)C(F)(F)F. The highest BCUT2D eigenvalue weighted by molar-refractivity contribution is 9.10. The molecule has 0 aliphatic rings. The van der Waals surface area contributed by atoms with E-state index in [9.17, 15) is 17.6 Å². The lowest BCUT2D eigenvalue weighted by Crippen LogP contribution is -2.42. The lowest BCUT2D eigenvalue weighted by Gasteiger charge is -2.19. The predicted octanol–water partition coefficient (Wildman–Crippen LogP) is 2.60. The molecule has 0 aliphatic heterocycles. The van der Waals surface area contributed by atoms with Crippen LogP contribution in [0.5, 0.6) is 0 Å². The number of halogens is 5. The van der Waals surface area contributed by atoms with Crippen molar-refractivity contribution in [3.63, 3.8) is 0 Å². The molecule has 0 aliphatic carbocycles. The molecule has 0 amide bonds. The third-order valence-electron chi connectivity index (χ3n) is 2.54. The van der Waals surface area contributed by atoms with Crippen LogP contribution in [-0.2, 0) is 6.54 Å². The monoisotopic (exact) mass is 357 g/mol. The molecule has 0 saturated heterocycles. The van der Waals surface area contributed by atoms with Gasteiger partial charge in [-0.05, 0) is 23.8 Å². The summed E-state index contributed by atoms with van der Waals surface area (Å²) in [6.07, 6.45) is -4.64. The van der Waals surface area contributed by atoms with Crippen molar-refractivity contribution in [3.05, 3.63) is 34.1 Å². The maximum Gasteiger partial charge on any atom is 0.400 e. The maximum absolute atomic E-state index is 13.0. The van der Waals surface area contributed by atoms with E-state index in [4.69, 9.17) is 10.9 Å². The normalized spacial score (nSPS) is 14.3. The molecule has 4 nitrogen and oxygen atoms in total. The Morgan fingerprint density at radius 1 is 1.45 bits per heavy atom. The molecule has 1 rings (SSSR count). The highest BCUT2D eigenvalue weighted by atomic mass is 79.9. The van der Waals surface area contributed by atoms with Crippen LogP contribution < -0.4 is 11.1 Å². The van der Waals surface area contributed by atoms with Crippen LogP contribution in [0.4, 0.5) is 17.6 Å². The molecule has 1 atom stereocenters. The summed E-state index contributed by atoms with van der Waals surface area (Å²) in [4.78, 5) is 0. The Labute approximate surface area is 120 Å². The lowest BCUT2D eigenvalue weighted by molar-refractivity contribution is -0.154. The van der Waals surface area contributed by atoms with Crippen LogP contribution in [0.25, 0.3) is 0 Å². The molecule has 0 heterocycles. The zero-order valence-electron chi connectivity index (χ0n) is 10.1. The Kier molecular flexibility index (Phi) is 5.75. The van der Waals surface area contributed by atoms with Gasteiger partial charge < -0.3 is 16.3 Å². The first-order valence-electron chi connectivity index (χ1n) is 5.44. The highest BCUT2D eigenvalue weighted by Gasteiger charge is 2.42. The van der Waals surface area contributed by atoms with E-state index in [1.54, 1.807) is 0 Å². The Balaban J connectivity index is 2.68. The van der Waals surface area contributed by atoms with Gasteiger partial charge in [0.05, 0.1) is 0 Å². The lowest BCUT2D eigenvalue weighted by atomic mass is 10.1. The van der Waals surface area contributed by atoms with Crippen molar-refractivity contribution in [1.82, 2.24) is 5.32 Å². The van der Waals surface area contributed by atoms with E-state index in [0.29, 0.717) is 10.0 Å². The Hall–Kier alpha value is -1.35. The second kappa shape index (κ2) is 6.89. The van der Waals surface area contributed by atoms with Gasteiger partial charge >= 0.3 is 6.18 Å². The summed E-state index contributed by atoms with van der Waals surface area (Å²) in [5, 5.41) is 13.2. The van der Waals surface area contributed by atoms with Gasteiger partial charge in [-0.2, -0.15) is 13.2 Å². The van der Waals surface area contributed by atoms with Gasteiger partial charge in [-0.3, -0.25) is 0 Å². The van der Waals surface area contributed by atoms with Crippen molar-refractivity contribution in [2.75, 3.05) is 6.54 Å². The number of hydrogen-bond donors (Lipinski definition) is 3. The van der Waals surface area contributed by atoms with Crippen molar-refractivity contribution >= 4 is 21.8 Å². The van der Waals surface area contributed by atoms with Crippen LogP contribution in [0.3, 0.4) is 0 Å². The number of rotatable bonds is 5. The van der Waals surface area contributed by atoms with Crippen molar-refractivity contribution in [2.24, 2.45) is 16.8 Å². The fourth-order valence-corrected chi connectivity index (χ4v) is 1.87. The highest BCUT2D eigenvalue weighted by Crippen LogP contribution is 2.26. The molecule has 1 unspecified atom stereocenters. The van der Waals surface area contributed by atoms with Crippen molar-refractivity contribution in [3.8, 4) is 0 Å². The number of nitrogens with two attached hydrogens (primary N) is 1. The van der Waals surface area contributed by atoms with Gasteiger partial charge in [0.25, 0.3) is 0 Å². The van der Waals surface area contributed by atoms with E-state index in [1.165, 1.54) is 18.2 Å². The number of nitrogens with zero attached hydrogens (tertiary/aromatic N) is 1. The van der Waals surface area contributed by atoms with E-state index in [2.05, 4.69) is 26.4 Å². The molecule has 0 fully saturated rings. The fraction of sp³-hybridized carbons (Fsp3) is 0.364.